The minimum absolute atomic E-state index is 0.00748. The molecule has 1 unspecified atom stereocenters. The second kappa shape index (κ2) is 13.3. The van der Waals surface area contributed by atoms with E-state index < -0.39 is 31.3 Å². The van der Waals surface area contributed by atoms with Gasteiger partial charge in [-0.3, -0.25) is 0 Å². The summed E-state index contributed by atoms with van der Waals surface area (Å²) in [4.78, 5) is 28.8. The van der Waals surface area contributed by atoms with Crippen molar-refractivity contribution >= 4 is 46.7 Å². The first-order chi connectivity index (χ1) is 19.1. The van der Waals surface area contributed by atoms with E-state index in [0.717, 1.165) is 25.2 Å². The highest BCUT2D eigenvalue weighted by Crippen LogP contribution is 2.37. The number of benzene rings is 1. The molecule has 4 rings (SSSR count). The molecule has 1 atom stereocenters. The van der Waals surface area contributed by atoms with Gasteiger partial charge < -0.3 is 24.2 Å². The average Bonchev–Trinajstić information content (AvgIpc) is 3.73. The zero-order valence-corrected chi connectivity index (χ0v) is 22.8. The Morgan fingerprint density at radius 3 is 2.42 bits per heavy atom. The Balaban J connectivity index is 1.57. The molecule has 40 heavy (non-hydrogen) atoms. The number of halogens is 5. The molecule has 1 aliphatic carbocycles. The van der Waals surface area contributed by atoms with Crippen molar-refractivity contribution in [3.8, 4) is 11.5 Å². The van der Waals surface area contributed by atoms with E-state index in [-0.39, 0.29) is 44.2 Å². The quantitative estimate of drug-likeness (QED) is 0.109. The number of hydrogen-bond donors (Lipinski definition) is 0. The third-order valence-corrected chi connectivity index (χ3v) is 6.61. The van der Waals surface area contributed by atoms with Crippen LogP contribution in [0.4, 0.5) is 8.78 Å². The zero-order valence-electron chi connectivity index (χ0n) is 20.5. The minimum atomic E-state index is -3.09. The van der Waals surface area contributed by atoms with Crippen LogP contribution in [0.25, 0.3) is 0 Å². The monoisotopic (exact) mass is 616 g/mol. The number of nitrogens with zero attached hydrogens (tertiary/aromatic N) is 2. The maximum atomic E-state index is 13.0. The van der Waals surface area contributed by atoms with E-state index >= 15 is 0 Å². The van der Waals surface area contributed by atoms with Crippen LogP contribution < -0.4 is 14.2 Å². The lowest BCUT2D eigenvalue weighted by atomic mass is 10.0. The Hall–Kier alpha value is -3.41. The summed E-state index contributed by atoms with van der Waals surface area (Å²) in [5, 5.41) is 11.9. The van der Waals surface area contributed by atoms with Crippen molar-refractivity contribution in [2.24, 2.45) is 5.92 Å². The van der Waals surface area contributed by atoms with Crippen LogP contribution >= 0.6 is 34.8 Å². The van der Waals surface area contributed by atoms with Gasteiger partial charge in [-0.2, -0.15) is 13.5 Å². The van der Waals surface area contributed by atoms with E-state index in [1.165, 1.54) is 36.5 Å². The number of carbonyl (C=O) groups excluding carboxylic acids is 2. The number of hydrogen-bond acceptors (Lipinski definition) is 8. The first kappa shape index (κ1) is 29.6. The molecule has 1 fully saturated rings. The summed E-state index contributed by atoms with van der Waals surface area (Å²) in [5.74, 6) is -1.64. The van der Waals surface area contributed by atoms with Gasteiger partial charge in [0.2, 0.25) is 0 Å². The lowest BCUT2D eigenvalue weighted by molar-refractivity contribution is -0.605. The molecule has 0 saturated heterocycles. The first-order valence-electron chi connectivity index (χ1n) is 11.9. The molecule has 1 aromatic carbocycles. The Bertz CT molecular complexity index is 1350. The summed E-state index contributed by atoms with van der Waals surface area (Å²) in [7, 11) is 0. The molecule has 1 aliphatic rings. The van der Waals surface area contributed by atoms with Gasteiger partial charge in [0, 0.05) is 18.2 Å². The molecule has 212 valence electrons. The topological polar surface area (TPSA) is 111 Å². The third kappa shape index (κ3) is 8.30. The van der Waals surface area contributed by atoms with Gasteiger partial charge in [-0.25, -0.2) is 14.6 Å². The largest absolute Gasteiger partial charge is 0.619 e. The highest BCUT2D eigenvalue weighted by atomic mass is 35.5. The normalized spacial score (nSPS) is 13.6. The second-order valence-electron chi connectivity index (χ2n) is 8.76. The first-order valence-corrected chi connectivity index (χ1v) is 13.0. The molecular weight excluding hydrogens is 597 g/mol. The zero-order chi connectivity index (χ0) is 28.8. The Morgan fingerprint density at radius 2 is 1.80 bits per heavy atom. The molecule has 0 radical (unpaired) electrons. The number of ether oxygens (including phenoxy) is 4. The van der Waals surface area contributed by atoms with Crippen LogP contribution in [0, 0.1) is 11.1 Å². The van der Waals surface area contributed by atoms with Crippen LogP contribution in [0.5, 0.6) is 11.5 Å². The van der Waals surface area contributed by atoms with Crippen LogP contribution in [-0.4, -0.2) is 36.7 Å². The fourth-order valence-electron chi connectivity index (χ4n) is 3.56. The molecule has 0 bridgehead atoms. The van der Waals surface area contributed by atoms with Gasteiger partial charge in [-0.05, 0) is 48.6 Å². The number of carbonyl (C=O) groups is 2. The molecule has 9 nitrogen and oxygen atoms in total. The molecule has 2 heterocycles. The van der Waals surface area contributed by atoms with Crippen molar-refractivity contribution in [3.63, 3.8) is 0 Å². The van der Waals surface area contributed by atoms with Gasteiger partial charge in [-0.15, -0.1) is 0 Å². The summed E-state index contributed by atoms with van der Waals surface area (Å²) < 4.78 is 47.3. The van der Waals surface area contributed by atoms with Crippen molar-refractivity contribution in [2.75, 3.05) is 13.2 Å². The van der Waals surface area contributed by atoms with Crippen molar-refractivity contribution < 1.29 is 42.0 Å². The average molecular weight is 618 g/mol. The summed E-state index contributed by atoms with van der Waals surface area (Å²) in [6.45, 7) is -3.55. The van der Waals surface area contributed by atoms with Gasteiger partial charge in [0.05, 0.1) is 12.2 Å². The maximum Gasteiger partial charge on any atom is 0.387 e. The van der Waals surface area contributed by atoms with Crippen LogP contribution in [0.3, 0.4) is 0 Å². The summed E-state index contributed by atoms with van der Waals surface area (Å²) >= 11 is 18.2. The van der Waals surface area contributed by atoms with Crippen LogP contribution in [0.2, 0.25) is 15.2 Å². The number of alkyl halides is 2. The van der Waals surface area contributed by atoms with Crippen LogP contribution in [0.15, 0.2) is 48.9 Å². The lowest BCUT2D eigenvalue weighted by Crippen LogP contribution is -2.26. The summed E-state index contributed by atoms with van der Waals surface area (Å²) in [6.07, 6.45) is 4.04. The van der Waals surface area contributed by atoms with Gasteiger partial charge in [0.1, 0.15) is 21.3 Å². The van der Waals surface area contributed by atoms with Crippen molar-refractivity contribution in [1.29, 1.82) is 0 Å². The Labute approximate surface area is 242 Å². The third-order valence-electron chi connectivity index (χ3n) is 5.73. The van der Waals surface area contributed by atoms with Gasteiger partial charge in [0.15, 0.2) is 30.5 Å². The predicted octanol–water partition coefficient (Wildman–Crippen LogP) is 5.75. The van der Waals surface area contributed by atoms with Gasteiger partial charge >= 0.3 is 18.6 Å². The highest BCUT2D eigenvalue weighted by molar-refractivity contribution is 6.35. The molecule has 1 saturated carbocycles. The van der Waals surface area contributed by atoms with Crippen molar-refractivity contribution in [2.45, 2.75) is 32.0 Å². The number of aromatic nitrogens is 2. The predicted molar refractivity (Wildman–Crippen MR) is 139 cm³/mol. The van der Waals surface area contributed by atoms with Crippen LogP contribution in [-0.2, 0) is 20.7 Å². The van der Waals surface area contributed by atoms with E-state index in [0.29, 0.717) is 22.8 Å². The smallest absolute Gasteiger partial charge is 0.387 e. The molecular formula is C26H21Cl3F2N2O7. The van der Waals surface area contributed by atoms with Crippen molar-refractivity contribution in [3.05, 3.63) is 86.0 Å². The highest BCUT2D eigenvalue weighted by Gasteiger charge is 2.27. The van der Waals surface area contributed by atoms with Crippen LogP contribution in [0.1, 0.15) is 40.4 Å². The standard InChI is InChI=1S/C26H21Cl3F2N2O7/c27-18-10-33(36)11-19(28)17(18)8-21(39-24(34)13-38-25(35)16-4-6-23(29)32-9-16)15-3-5-20(40-26(30)31)22(7-15)37-12-14-1-2-14/h3-7,9-11,14,21,26H,1-2,8,12-13H2. The van der Waals surface area contributed by atoms with Gasteiger partial charge in [-0.1, -0.05) is 40.9 Å². The van der Waals surface area contributed by atoms with E-state index in [9.17, 15) is 23.6 Å². The summed E-state index contributed by atoms with van der Waals surface area (Å²) in [5.41, 5.74) is 0.667. The molecule has 0 spiro atoms. The van der Waals surface area contributed by atoms with E-state index in [4.69, 9.17) is 49.0 Å². The van der Waals surface area contributed by atoms with E-state index in [2.05, 4.69) is 9.72 Å². The molecule has 14 heteroatoms. The number of esters is 2. The molecule has 0 amide bonds. The van der Waals surface area contributed by atoms with E-state index in [1.807, 2.05) is 0 Å². The lowest BCUT2D eigenvalue weighted by Gasteiger charge is -2.21. The van der Waals surface area contributed by atoms with Gasteiger partial charge in [0.25, 0.3) is 0 Å². The second-order valence-corrected chi connectivity index (χ2v) is 9.96. The maximum absolute atomic E-state index is 13.0. The molecule has 0 N–H and O–H groups in total. The molecule has 3 aromatic rings. The van der Waals surface area contributed by atoms with E-state index in [1.54, 1.807) is 0 Å². The summed E-state index contributed by atoms with van der Waals surface area (Å²) in [6, 6.07) is 6.83. The Kier molecular flexibility index (Phi) is 9.83. The molecule has 0 aliphatic heterocycles. The fraction of sp³-hybridized carbons (Fsp3) is 0.308. The number of pyridine rings is 2. The minimum Gasteiger partial charge on any atom is -0.619 e. The molecule has 2 aromatic heterocycles. The Morgan fingerprint density at radius 1 is 1.07 bits per heavy atom. The SMILES string of the molecule is O=C(COC(=O)c1ccc(Cl)nc1)OC(Cc1c(Cl)c[n+]([O-])cc1Cl)c1ccc(OC(F)F)c(OCC2CC2)c1. The fourth-order valence-corrected chi connectivity index (χ4v) is 4.27. The number of rotatable bonds is 12. The van der Waals surface area contributed by atoms with Crippen molar-refractivity contribution in [1.82, 2.24) is 4.98 Å².